The van der Waals surface area contributed by atoms with Gasteiger partial charge in [-0.05, 0) is 57.2 Å². The molecule has 1 atom stereocenters. The summed E-state index contributed by atoms with van der Waals surface area (Å²) in [5.74, 6) is -0.314. The van der Waals surface area contributed by atoms with E-state index in [0.717, 1.165) is 35.1 Å². The fourth-order valence-electron chi connectivity index (χ4n) is 3.11. The van der Waals surface area contributed by atoms with Crippen LogP contribution in [0.4, 0.5) is 0 Å². The Labute approximate surface area is 133 Å². The zero-order chi connectivity index (χ0) is 16.5. The smallest absolute Gasteiger partial charge is 0.240 e. The van der Waals surface area contributed by atoms with E-state index in [1.54, 1.807) is 4.90 Å². The Kier molecular flexibility index (Phi) is 4.95. The average Bonchev–Trinajstić information content (AvgIpc) is 2.95. The zero-order valence-electron chi connectivity index (χ0n) is 13.8. The monoisotopic (exact) mass is 323 g/mol. The van der Waals surface area contributed by atoms with Crippen molar-refractivity contribution in [2.75, 3.05) is 13.1 Å². The van der Waals surface area contributed by atoms with E-state index in [0.29, 0.717) is 13.1 Å². The van der Waals surface area contributed by atoms with Gasteiger partial charge in [0.1, 0.15) is 5.25 Å². The van der Waals surface area contributed by atoms with Gasteiger partial charge in [-0.3, -0.25) is 4.79 Å². The second-order valence-corrected chi connectivity index (χ2v) is 8.68. The number of nitrogens with zero attached hydrogens (tertiary/aromatic N) is 1. The maximum Gasteiger partial charge on any atom is 0.240 e. The van der Waals surface area contributed by atoms with E-state index in [1.165, 1.54) is 6.92 Å². The highest BCUT2D eigenvalue weighted by Crippen LogP contribution is 2.22. The molecule has 0 bridgehead atoms. The van der Waals surface area contributed by atoms with Gasteiger partial charge < -0.3 is 4.90 Å². The van der Waals surface area contributed by atoms with E-state index in [4.69, 9.17) is 0 Å². The number of rotatable bonds is 4. The van der Waals surface area contributed by atoms with Crippen LogP contribution in [0.2, 0.25) is 0 Å². The summed E-state index contributed by atoms with van der Waals surface area (Å²) < 4.78 is 25.3. The highest BCUT2D eigenvalue weighted by atomic mass is 32.2. The van der Waals surface area contributed by atoms with Gasteiger partial charge in [0.25, 0.3) is 0 Å². The van der Waals surface area contributed by atoms with Gasteiger partial charge in [0.15, 0.2) is 9.84 Å². The summed E-state index contributed by atoms with van der Waals surface area (Å²) in [6.07, 6.45) is 1.93. The maximum atomic E-state index is 12.6. The van der Waals surface area contributed by atoms with E-state index in [-0.39, 0.29) is 11.7 Å². The van der Waals surface area contributed by atoms with Crippen molar-refractivity contribution >= 4 is 15.7 Å². The summed E-state index contributed by atoms with van der Waals surface area (Å²) >= 11 is 0. The van der Waals surface area contributed by atoms with Crippen LogP contribution in [-0.2, 0) is 20.4 Å². The number of likely N-dealkylation sites (tertiary alicyclic amines) is 1. The number of carbonyl (C=O) groups is 1. The minimum absolute atomic E-state index is 0.0638. The largest absolute Gasteiger partial charge is 0.342 e. The predicted molar refractivity (Wildman–Crippen MR) is 88.6 cm³/mol. The molecular formula is C17H25NO3S. The van der Waals surface area contributed by atoms with Crippen molar-refractivity contribution in [1.29, 1.82) is 0 Å². The Balaban J connectivity index is 2.22. The summed E-state index contributed by atoms with van der Waals surface area (Å²) in [5.41, 5.74) is 3.90. The SMILES string of the molecule is Cc1cc(C)c(CS(=O)(=O)C(C)C(=O)N2CCCC2)c(C)c1. The zero-order valence-corrected chi connectivity index (χ0v) is 14.7. The first-order chi connectivity index (χ1) is 10.2. The third-order valence-corrected chi connectivity index (χ3v) is 6.46. The van der Waals surface area contributed by atoms with Crippen molar-refractivity contribution in [3.05, 3.63) is 34.4 Å². The molecule has 2 rings (SSSR count). The summed E-state index contributed by atoms with van der Waals surface area (Å²) in [7, 11) is -3.50. The predicted octanol–water partition coefficient (Wildman–Crippen LogP) is 2.54. The average molecular weight is 323 g/mol. The van der Waals surface area contributed by atoms with E-state index in [9.17, 15) is 13.2 Å². The molecule has 1 aromatic carbocycles. The first-order valence-electron chi connectivity index (χ1n) is 7.79. The number of carbonyl (C=O) groups excluding carboxylic acids is 1. The van der Waals surface area contributed by atoms with Crippen molar-refractivity contribution in [2.24, 2.45) is 0 Å². The van der Waals surface area contributed by atoms with Gasteiger partial charge in [0.05, 0.1) is 5.75 Å². The highest BCUT2D eigenvalue weighted by molar-refractivity contribution is 7.92. The number of hydrogen-bond donors (Lipinski definition) is 0. The molecule has 1 aliphatic heterocycles. The lowest BCUT2D eigenvalue weighted by molar-refractivity contribution is -0.129. The summed E-state index contributed by atoms with van der Waals surface area (Å²) in [6, 6.07) is 3.98. The van der Waals surface area contributed by atoms with Crippen molar-refractivity contribution in [3.8, 4) is 0 Å². The molecule has 0 saturated carbocycles. The van der Waals surface area contributed by atoms with E-state index >= 15 is 0 Å². The van der Waals surface area contributed by atoms with Gasteiger partial charge in [-0.2, -0.15) is 0 Å². The minimum atomic E-state index is -3.50. The molecular weight excluding hydrogens is 298 g/mol. The Morgan fingerprint density at radius 3 is 2.14 bits per heavy atom. The number of sulfone groups is 1. The van der Waals surface area contributed by atoms with Crippen LogP contribution in [-0.4, -0.2) is 37.6 Å². The molecule has 0 aromatic heterocycles. The molecule has 22 heavy (non-hydrogen) atoms. The van der Waals surface area contributed by atoms with Gasteiger partial charge >= 0.3 is 0 Å². The Morgan fingerprint density at radius 2 is 1.64 bits per heavy atom. The van der Waals surface area contributed by atoms with Crippen LogP contribution in [0.25, 0.3) is 0 Å². The second-order valence-electron chi connectivity index (χ2n) is 6.36. The molecule has 1 unspecified atom stereocenters. The van der Waals surface area contributed by atoms with Gasteiger partial charge in [-0.25, -0.2) is 8.42 Å². The van der Waals surface area contributed by atoms with Crippen molar-refractivity contribution in [2.45, 2.75) is 51.5 Å². The van der Waals surface area contributed by atoms with Crippen LogP contribution in [0, 0.1) is 20.8 Å². The Hall–Kier alpha value is -1.36. The fraction of sp³-hybridized carbons (Fsp3) is 0.588. The molecule has 0 spiro atoms. The number of amides is 1. The molecule has 1 amide bonds. The molecule has 1 aliphatic rings. The Morgan fingerprint density at radius 1 is 1.14 bits per heavy atom. The second kappa shape index (κ2) is 6.41. The molecule has 1 aromatic rings. The third-order valence-electron chi connectivity index (χ3n) is 4.49. The number of aryl methyl sites for hydroxylation is 3. The highest BCUT2D eigenvalue weighted by Gasteiger charge is 2.33. The molecule has 0 radical (unpaired) electrons. The standard InChI is InChI=1S/C17H25NO3S/c1-12-9-13(2)16(14(3)10-12)11-22(20,21)15(4)17(19)18-7-5-6-8-18/h9-10,15H,5-8,11H2,1-4H3. The topological polar surface area (TPSA) is 54.5 Å². The number of benzene rings is 1. The van der Waals surface area contributed by atoms with Crippen molar-refractivity contribution < 1.29 is 13.2 Å². The minimum Gasteiger partial charge on any atom is -0.342 e. The summed E-state index contributed by atoms with van der Waals surface area (Å²) in [5, 5.41) is -0.967. The quantitative estimate of drug-likeness (QED) is 0.855. The van der Waals surface area contributed by atoms with Crippen LogP contribution < -0.4 is 0 Å². The van der Waals surface area contributed by atoms with Crippen LogP contribution in [0.5, 0.6) is 0 Å². The van der Waals surface area contributed by atoms with Gasteiger partial charge in [0, 0.05) is 13.1 Å². The van der Waals surface area contributed by atoms with Crippen molar-refractivity contribution in [1.82, 2.24) is 4.90 Å². The molecule has 122 valence electrons. The molecule has 0 N–H and O–H groups in total. The molecule has 0 aliphatic carbocycles. The normalized spacial score (nSPS) is 16.8. The van der Waals surface area contributed by atoms with Crippen LogP contribution in [0.1, 0.15) is 42.0 Å². The van der Waals surface area contributed by atoms with E-state index in [2.05, 4.69) is 0 Å². The molecule has 1 heterocycles. The summed E-state index contributed by atoms with van der Waals surface area (Å²) in [4.78, 5) is 14.0. The lowest BCUT2D eigenvalue weighted by Gasteiger charge is -2.21. The lowest BCUT2D eigenvalue weighted by Crippen LogP contribution is -2.40. The van der Waals surface area contributed by atoms with E-state index < -0.39 is 15.1 Å². The van der Waals surface area contributed by atoms with Gasteiger partial charge in [0.2, 0.25) is 5.91 Å². The van der Waals surface area contributed by atoms with Crippen LogP contribution in [0.3, 0.4) is 0 Å². The Bertz CT molecular complexity index is 650. The summed E-state index contributed by atoms with van der Waals surface area (Å²) in [6.45, 7) is 8.74. The fourth-order valence-corrected chi connectivity index (χ4v) is 4.68. The first-order valence-corrected chi connectivity index (χ1v) is 9.51. The van der Waals surface area contributed by atoms with E-state index in [1.807, 2.05) is 32.9 Å². The third kappa shape index (κ3) is 3.51. The first kappa shape index (κ1) is 17.0. The molecule has 5 heteroatoms. The molecule has 1 saturated heterocycles. The van der Waals surface area contributed by atoms with Crippen LogP contribution in [0.15, 0.2) is 12.1 Å². The van der Waals surface area contributed by atoms with Crippen LogP contribution >= 0.6 is 0 Å². The molecule has 4 nitrogen and oxygen atoms in total. The van der Waals surface area contributed by atoms with Gasteiger partial charge in [-0.15, -0.1) is 0 Å². The van der Waals surface area contributed by atoms with Crippen molar-refractivity contribution in [3.63, 3.8) is 0 Å². The number of hydrogen-bond acceptors (Lipinski definition) is 3. The molecule has 1 fully saturated rings. The maximum absolute atomic E-state index is 12.6. The van der Waals surface area contributed by atoms with Gasteiger partial charge in [-0.1, -0.05) is 17.7 Å². The lowest BCUT2D eigenvalue weighted by atomic mass is 10.0.